The number of ether oxygens (including phenoxy) is 2. The number of rotatable bonds is 4. The van der Waals surface area contributed by atoms with Gasteiger partial charge in [0.1, 0.15) is 0 Å². The molecule has 23 heavy (non-hydrogen) atoms. The van der Waals surface area contributed by atoms with Crippen LogP contribution < -0.4 is 0 Å². The molecule has 3 atom stereocenters. The van der Waals surface area contributed by atoms with Gasteiger partial charge in [0.15, 0.2) is 5.79 Å². The molecule has 2 aliphatic heterocycles. The summed E-state index contributed by atoms with van der Waals surface area (Å²) in [7, 11) is 0. The first-order valence-corrected chi connectivity index (χ1v) is 9.43. The van der Waals surface area contributed by atoms with Crippen LogP contribution in [-0.2, 0) is 14.7 Å². The Morgan fingerprint density at radius 1 is 0.957 bits per heavy atom. The van der Waals surface area contributed by atoms with Crippen molar-refractivity contribution >= 4 is 0 Å². The van der Waals surface area contributed by atoms with Crippen LogP contribution in [0.2, 0.25) is 0 Å². The molecule has 2 fully saturated rings. The Balaban J connectivity index is 2.35. The van der Waals surface area contributed by atoms with Crippen LogP contribution in [0.15, 0.2) is 0 Å². The van der Waals surface area contributed by atoms with E-state index in [1.54, 1.807) is 0 Å². The molecule has 1 radical (unpaired) electrons. The molecule has 135 valence electrons. The first kappa shape index (κ1) is 19.2. The molecule has 0 bridgehead atoms. The number of piperidine rings is 1. The largest absolute Gasteiger partial charge is 0.349 e. The third-order valence-corrected chi connectivity index (χ3v) is 7.40. The summed E-state index contributed by atoms with van der Waals surface area (Å²) in [5.41, 5.74) is -0.762. The van der Waals surface area contributed by atoms with Crippen LogP contribution in [0.5, 0.6) is 0 Å². The molecule has 0 amide bonds. The van der Waals surface area contributed by atoms with E-state index < -0.39 is 16.9 Å². The summed E-state index contributed by atoms with van der Waals surface area (Å²) in [5.74, 6) is -0.576. The van der Waals surface area contributed by atoms with Crippen molar-refractivity contribution in [3.63, 3.8) is 0 Å². The van der Waals surface area contributed by atoms with Crippen LogP contribution >= 0.6 is 0 Å². The van der Waals surface area contributed by atoms with Gasteiger partial charge in [-0.25, -0.2) is 0 Å². The molecule has 0 aromatic carbocycles. The molecule has 0 N–H and O–H groups in total. The predicted octanol–water partition coefficient (Wildman–Crippen LogP) is 4.56. The molecule has 2 heterocycles. The zero-order chi connectivity index (χ0) is 17.5. The molecule has 0 aromatic heterocycles. The maximum absolute atomic E-state index is 13.1. The first-order chi connectivity index (χ1) is 10.7. The molecular weight excluding hydrogens is 290 g/mol. The molecule has 4 nitrogen and oxygen atoms in total. The topological polar surface area (TPSA) is 41.6 Å². The van der Waals surface area contributed by atoms with Gasteiger partial charge in [-0.2, -0.15) is 0 Å². The highest BCUT2D eigenvalue weighted by Crippen LogP contribution is 2.53. The van der Waals surface area contributed by atoms with E-state index in [1.807, 2.05) is 0 Å². The Labute approximate surface area is 142 Å². The highest BCUT2D eigenvalue weighted by Gasteiger charge is 2.63. The van der Waals surface area contributed by atoms with Gasteiger partial charge >= 0.3 is 0 Å². The van der Waals surface area contributed by atoms with Crippen LogP contribution in [0.4, 0.5) is 0 Å². The van der Waals surface area contributed by atoms with E-state index in [4.69, 9.17) is 9.47 Å². The van der Waals surface area contributed by atoms with E-state index >= 15 is 0 Å². The zero-order valence-corrected chi connectivity index (χ0v) is 16.2. The average molecular weight is 327 g/mol. The fraction of sp³-hybridized carbons (Fsp3) is 1.00. The van der Waals surface area contributed by atoms with Crippen molar-refractivity contribution in [2.45, 2.75) is 97.4 Å². The Hall–Kier alpha value is -0.160. The summed E-state index contributed by atoms with van der Waals surface area (Å²) in [6, 6.07) is 0. The lowest BCUT2D eigenvalue weighted by molar-refractivity contribution is -0.414. The minimum atomic E-state index is -0.621. The van der Waals surface area contributed by atoms with Gasteiger partial charge in [0.05, 0.1) is 24.3 Å². The summed E-state index contributed by atoms with van der Waals surface area (Å²) in [5, 5.41) is 14.5. The molecule has 0 aromatic rings. The van der Waals surface area contributed by atoms with Crippen molar-refractivity contribution in [3.05, 3.63) is 0 Å². The average Bonchev–Trinajstić information content (AvgIpc) is 2.59. The second kappa shape index (κ2) is 6.29. The Kier molecular flexibility index (Phi) is 5.24. The Bertz CT molecular complexity index is 413. The molecule has 2 saturated heterocycles. The van der Waals surface area contributed by atoms with Gasteiger partial charge in [0, 0.05) is 17.8 Å². The van der Waals surface area contributed by atoms with Crippen molar-refractivity contribution in [2.75, 3.05) is 13.2 Å². The van der Waals surface area contributed by atoms with Gasteiger partial charge in [-0.15, -0.1) is 10.3 Å². The number of nitrogens with zero attached hydrogens (tertiary/aromatic N) is 1. The smallest absolute Gasteiger partial charge is 0.174 e. The Morgan fingerprint density at radius 2 is 1.48 bits per heavy atom. The quantitative estimate of drug-likeness (QED) is 0.760. The van der Waals surface area contributed by atoms with E-state index in [0.29, 0.717) is 6.42 Å². The zero-order valence-electron chi connectivity index (χ0n) is 16.2. The van der Waals surface area contributed by atoms with Gasteiger partial charge in [-0.1, -0.05) is 34.6 Å². The van der Waals surface area contributed by atoms with E-state index in [-0.39, 0.29) is 11.3 Å². The van der Waals surface area contributed by atoms with Crippen LogP contribution in [0.3, 0.4) is 0 Å². The van der Waals surface area contributed by atoms with Gasteiger partial charge in [0.2, 0.25) is 0 Å². The lowest BCUT2D eigenvalue weighted by Crippen LogP contribution is -2.72. The summed E-state index contributed by atoms with van der Waals surface area (Å²) in [4.78, 5) is 0. The molecule has 4 heteroatoms. The molecule has 1 spiro atoms. The highest BCUT2D eigenvalue weighted by molar-refractivity contribution is 5.08. The molecule has 2 rings (SSSR count). The summed E-state index contributed by atoms with van der Waals surface area (Å²) < 4.78 is 12.9. The van der Waals surface area contributed by atoms with Gasteiger partial charge in [-0.05, 0) is 39.5 Å². The second-order valence-electron chi connectivity index (χ2n) is 8.35. The summed E-state index contributed by atoms with van der Waals surface area (Å²) in [6.45, 7) is 16.4. The van der Waals surface area contributed by atoms with Gasteiger partial charge in [-0.3, -0.25) is 0 Å². The van der Waals surface area contributed by atoms with E-state index in [0.717, 1.165) is 38.9 Å². The molecular formula is C19H36NO3. The monoisotopic (exact) mass is 326 g/mol. The third kappa shape index (κ3) is 2.76. The standard InChI is InChI=1S/C19H36NO3/c1-8-16(6)12-19(15(5)17(7,9-2)20(16)21)22-13-18(10-3,11-4)14-23-19/h15H,8-14H2,1-7H3. The highest BCUT2D eigenvalue weighted by atomic mass is 16.7. The minimum Gasteiger partial charge on any atom is -0.349 e. The first-order valence-electron chi connectivity index (χ1n) is 9.43. The molecule has 0 saturated carbocycles. The fourth-order valence-corrected chi connectivity index (χ4v) is 4.38. The van der Waals surface area contributed by atoms with Crippen molar-refractivity contribution in [2.24, 2.45) is 11.3 Å². The number of hydrogen-bond donors (Lipinski definition) is 0. The maximum Gasteiger partial charge on any atom is 0.174 e. The summed E-state index contributed by atoms with van der Waals surface area (Å²) in [6.07, 6.45) is 4.39. The maximum atomic E-state index is 13.1. The second-order valence-corrected chi connectivity index (χ2v) is 8.35. The van der Waals surface area contributed by atoms with Crippen LogP contribution in [0.25, 0.3) is 0 Å². The van der Waals surface area contributed by atoms with Crippen LogP contribution in [-0.4, -0.2) is 35.1 Å². The van der Waals surface area contributed by atoms with E-state index in [9.17, 15) is 5.21 Å². The minimum absolute atomic E-state index is 0.0452. The molecule has 0 aliphatic carbocycles. The normalized spacial score (nSPS) is 40.4. The lowest BCUT2D eigenvalue weighted by Gasteiger charge is -2.62. The third-order valence-electron chi connectivity index (χ3n) is 7.40. The number of hydroxylamine groups is 2. The van der Waals surface area contributed by atoms with Crippen LogP contribution in [0, 0.1) is 11.3 Å². The molecule has 3 unspecified atom stereocenters. The fourth-order valence-electron chi connectivity index (χ4n) is 4.38. The molecule has 2 aliphatic rings. The van der Waals surface area contributed by atoms with E-state index in [2.05, 4.69) is 48.5 Å². The van der Waals surface area contributed by atoms with Gasteiger partial charge < -0.3 is 9.47 Å². The lowest BCUT2D eigenvalue weighted by atomic mass is 9.66. The van der Waals surface area contributed by atoms with E-state index in [1.165, 1.54) is 5.06 Å². The number of hydrogen-bond acceptors (Lipinski definition) is 3. The summed E-state index contributed by atoms with van der Waals surface area (Å²) >= 11 is 0. The van der Waals surface area contributed by atoms with Crippen molar-refractivity contribution in [3.8, 4) is 0 Å². The van der Waals surface area contributed by atoms with Gasteiger partial charge in [0.25, 0.3) is 0 Å². The van der Waals surface area contributed by atoms with Crippen LogP contribution in [0.1, 0.15) is 80.6 Å². The SMILES string of the molecule is CCC1(CC)COC2(CC(C)(CC)N([O])C(C)(CC)C2C)OC1. The van der Waals surface area contributed by atoms with Crippen molar-refractivity contribution in [1.82, 2.24) is 5.06 Å². The predicted molar refractivity (Wildman–Crippen MR) is 91.3 cm³/mol. The van der Waals surface area contributed by atoms with Crippen molar-refractivity contribution in [1.29, 1.82) is 0 Å². The Morgan fingerprint density at radius 3 is 1.87 bits per heavy atom. The van der Waals surface area contributed by atoms with Crippen molar-refractivity contribution < 1.29 is 14.7 Å².